The van der Waals surface area contributed by atoms with Crippen molar-refractivity contribution in [2.45, 2.75) is 13.5 Å². The summed E-state index contributed by atoms with van der Waals surface area (Å²) in [6.07, 6.45) is 1.57. The van der Waals surface area contributed by atoms with Crippen LogP contribution in [0.25, 0.3) is 6.08 Å². The van der Waals surface area contributed by atoms with Gasteiger partial charge in [-0.25, -0.2) is 0 Å². The number of nitriles is 1. The van der Waals surface area contributed by atoms with Gasteiger partial charge in [0.2, 0.25) is 5.78 Å². The zero-order valence-electron chi connectivity index (χ0n) is 15.6. The molecule has 2 aromatic carbocycles. The molecule has 0 aliphatic carbocycles. The first-order valence-corrected chi connectivity index (χ1v) is 9.55. The monoisotopic (exact) mass is 389 g/mol. The average molecular weight is 389 g/mol. The second kappa shape index (κ2) is 9.03. The molecule has 0 spiro atoms. The molecule has 0 aliphatic heterocycles. The predicted octanol–water partition coefficient (Wildman–Crippen LogP) is 5.43. The Morgan fingerprint density at radius 3 is 2.68 bits per heavy atom. The first-order valence-electron chi connectivity index (χ1n) is 8.67. The quantitative estimate of drug-likeness (QED) is 0.307. The molecule has 1 heterocycles. The molecule has 0 N–H and O–H groups in total. The van der Waals surface area contributed by atoms with Gasteiger partial charge in [-0.3, -0.25) is 4.79 Å². The lowest BCUT2D eigenvalue weighted by Crippen LogP contribution is -2.02. The van der Waals surface area contributed by atoms with Crippen molar-refractivity contribution in [2.24, 2.45) is 0 Å². The van der Waals surface area contributed by atoms with E-state index in [0.717, 1.165) is 10.4 Å². The Kier molecular flexibility index (Phi) is 6.25. The topological polar surface area (TPSA) is 59.3 Å². The lowest BCUT2D eigenvalue weighted by Gasteiger charge is -2.11. The highest BCUT2D eigenvalue weighted by Crippen LogP contribution is 2.30. The van der Waals surface area contributed by atoms with E-state index in [4.69, 9.17) is 9.47 Å². The highest BCUT2D eigenvalue weighted by molar-refractivity contribution is 7.09. The van der Waals surface area contributed by atoms with Crippen molar-refractivity contribution in [1.82, 2.24) is 0 Å². The molecule has 3 rings (SSSR count). The van der Waals surface area contributed by atoms with Crippen LogP contribution in [0.3, 0.4) is 0 Å². The van der Waals surface area contributed by atoms with Gasteiger partial charge in [0.25, 0.3) is 0 Å². The summed E-state index contributed by atoms with van der Waals surface area (Å²) < 4.78 is 11.2. The summed E-state index contributed by atoms with van der Waals surface area (Å²) in [6.45, 7) is 2.37. The van der Waals surface area contributed by atoms with Gasteiger partial charge in [-0.15, -0.1) is 11.3 Å². The lowest BCUT2D eigenvalue weighted by molar-refractivity contribution is 0.104. The second-order valence-electron chi connectivity index (χ2n) is 6.15. The van der Waals surface area contributed by atoms with Crippen LogP contribution >= 0.6 is 11.3 Å². The largest absolute Gasteiger partial charge is 0.493 e. The summed E-state index contributed by atoms with van der Waals surface area (Å²) >= 11 is 1.62. The number of allylic oxidation sites excluding steroid dienone is 1. The molecule has 0 unspecified atom stereocenters. The van der Waals surface area contributed by atoms with E-state index in [1.165, 1.54) is 0 Å². The van der Waals surface area contributed by atoms with Crippen molar-refractivity contribution in [3.05, 3.63) is 87.1 Å². The van der Waals surface area contributed by atoms with Gasteiger partial charge in [-0.2, -0.15) is 5.26 Å². The zero-order chi connectivity index (χ0) is 19.9. The van der Waals surface area contributed by atoms with Crippen LogP contribution in [0.4, 0.5) is 0 Å². The van der Waals surface area contributed by atoms with E-state index in [0.29, 0.717) is 29.2 Å². The third-order valence-electron chi connectivity index (χ3n) is 4.09. The fraction of sp³-hybridized carbons (Fsp3) is 0.130. The van der Waals surface area contributed by atoms with Gasteiger partial charge in [-0.05, 0) is 48.2 Å². The number of aryl methyl sites for hydroxylation is 1. The molecule has 0 saturated carbocycles. The first-order chi connectivity index (χ1) is 13.6. The maximum atomic E-state index is 12.6. The van der Waals surface area contributed by atoms with Crippen molar-refractivity contribution in [3.63, 3.8) is 0 Å². The van der Waals surface area contributed by atoms with E-state index in [9.17, 15) is 10.1 Å². The lowest BCUT2D eigenvalue weighted by atomic mass is 10.0. The Hall–Kier alpha value is -3.36. The van der Waals surface area contributed by atoms with Gasteiger partial charge < -0.3 is 9.47 Å². The Labute approximate surface area is 168 Å². The number of thiophene rings is 1. The number of hydrogen-bond acceptors (Lipinski definition) is 5. The second-order valence-corrected chi connectivity index (χ2v) is 7.18. The minimum Gasteiger partial charge on any atom is -0.493 e. The average Bonchev–Trinajstić information content (AvgIpc) is 3.24. The molecule has 0 amide bonds. The van der Waals surface area contributed by atoms with Crippen molar-refractivity contribution in [2.75, 3.05) is 7.11 Å². The smallest absolute Gasteiger partial charge is 0.203 e. The van der Waals surface area contributed by atoms with Gasteiger partial charge in [-0.1, -0.05) is 35.9 Å². The van der Waals surface area contributed by atoms with E-state index < -0.39 is 0 Å². The van der Waals surface area contributed by atoms with Gasteiger partial charge >= 0.3 is 0 Å². The molecule has 0 saturated heterocycles. The summed E-state index contributed by atoms with van der Waals surface area (Å²) in [5.41, 5.74) is 2.23. The number of ketones is 1. The van der Waals surface area contributed by atoms with Gasteiger partial charge in [0.15, 0.2) is 11.5 Å². The van der Waals surface area contributed by atoms with E-state index >= 15 is 0 Å². The summed E-state index contributed by atoms with van der Waals surface area (Å²) in [7, 11) is 1.56. The number of ether oxygens (including phenoxy) is 2. The molecular formula is C23H19NO3S. The minimum atomic E-state index is -0.303. The number of carbonyl (C=O) groups excluding carboxylic acids is 1. The van der Waals surface area contributed by atoms with Crippen LogP contribution in [0, 0.1) is 18.3 Å². The molecule has 0 bridgehead atoms. The van der Waals surface area contributed by atoms with Gasteiger partial charge in [0.1, 0.15) is 18.2 Å². The third kappa shape index (κ3) is 4.67. The number of hydrogen-bond donors (Lipinski definition) is 0. The predicted molar refractivity (Wildman–Crippen MR) is 111 cm³/mol. The Bertz CT molecular complexity index is 1050. The van der Waals surface area contributed by atoms with Crippen LogP contribution in [0.2, 0.25) is 0 Å². The molecule has 0 atom stereocenters. The number of carbonyl (C=O) groups is 1. The normalized spacial score (nSPS) is 11.0. The highest BCUT2D eigenvalue weighted by atomic mass is 32.1. The Morgan fingerprint density at radius 1 is 1.14 bits per heavy atom. The standard InChI is InChI=1S/C23H19NO3S/c1-16-5-3-6-18(11-16)23(25)19(14-24)12-17-8-9-21(22(13-17)26-2)27-15-20-7-4-10-28-20/h3-13H,15H2,1-2H3/b19-12+. The zero-order valence-corrected chi connectivity index (χ0v) is 16.5. The molecular weight excluding hydrogens is 370 g/mol. The van der Waals surface area contributed by atoms with Crippen LogP contribution in [0.5, 0.6) is 11.5 Å². The third-order valence-corrected chi connectivity index (χ3v) is 4.94. The minimum absolute atomic E-state index is 0.0694. The van der Waals surface area contributed by atoms with E-state index in [2.05, 4.69) is 0 Å². The maximum Gasteiger partial charge on any atom is 0.203 e. The van der Waals surface area contributed by atoms with Crippen LogP contribution in [0.15, 0.2) is 65.6 Å². The maximum absolute atomic E-state index is 12.6. The fourth-order valence-electron chi connectivity index (χ4n) is 2.69. The molecule has 0 radical (unpaired) electrons. The number of methoxy groups -OCH3 is 1. The molecule has 0 aliphatic rings. The van der Waals surface area contributed by atoms with Crippen molar-refractivity contribution in [1.29, 1.82) is 5.26 Å². The van der Waals surface area contributed by atoms with Crippen LogP contribution in [0.1, 0.15) is 26.4 Å². The fourth-order valence-corrected chi connectivity index (χ4v) is 3.31. The van der Waals surface area contributed by atoms with Crippen molar-refractivity contribution in [3.8, 4) is 17.6 Å². The Morgan fingerprint density at radius 2 is 2.00 bits per heavy atom. The Balaban J connectivity index is 1.83. The number of benzene rings is 2. The van der Waals surface area contributed by atoms with Crippen LogP contribution in [-0.2, 0) is 6.61 Å². The highest BCUT2D eigenvalue weighted by Gasteiger charge is 2.13. The number of Topliss-reactive ketones (excluding diaryl/α,β-unsaturated/α-hetero) is 1. The van der Waals surface area contributed by atoms with Gasteiger partial charge in [0.05, 0.1) is 7.11 Å². The van der Waals surface area contributed by atoms with E-state index in [1.807, 2.05) is 36.6 Å². The first kappa shape index (κ1) is 19.4. The van der Waals surface area contributed by atoms with Crippen LogP contribution in [-0.4, -0.2) is 12.9 Å². The van der Waals surface area contributed by atoms with Crippen molar-refractivity contribution < 1.29 is 14.3 Å². The van der Waals surface area contributed by atoms with E-state index in [-0.39, 0.29) is 11.4 Å². The summed E-state index contributed by atoms with van der Waals surface area (Å²) in [5.74, 6) is 0.852. The number of rotatable bonds is 7. The van der Waals surface area contributed by atoms with Gasteiger partial charge in [0, 0.05) is 10.4 Å². The molecule has 0 fully saturated rings. The molecule has 5 heteroatoms. The summed E-state index contributed by atoms with van der Waals surface area (Å²) in [4.78, 5) is 13.8. The molecule has 28 heavy (non-hydrogen) atoms. The summed E-state index contributed by atoms with van der Waals surface area (Å²) in [6, 6.07) is 18.5. The molecule has 3 aromatic rings. The molecule has 1 aromatic heterocycles. The molecule has 140 valence electrons. The van der Waals surface area contributed by atoms with E-state index in [1.54, 1.807) is 60.9 Å². The molecule has 4 nitrogen and oxygen atoms in total. The SMILES string of the molecule is COc1cc(/C=C(\C#N)C(=O)c2cccc(C)c2)ccc1OCc1cccs1. The number of nitrogens with zero attached hydrogens (tertiary/aromatic N) is 1. The summed E-state index contributed by atoms with van der Waals surface area (Å²) in [5, 5.41) is 11.5. The van der Waals surface area contributed by atoms with Crippen LogP contribution < -0.4 is 9.47 Å². The van der Waals surface area contributed by atoms with Crippen molar-refractivity contribution >= 4 is 23.2 Å².